The van der Waals surface area contributed by atoms with Crippen molar-refractivity contribution in [3.63, 3.8) is 0 Å². The van der Waals surface area contributed by atoms with Crippen LogP contribution in [0.2, 0.25) is 5.02 Å². The number of aromatic nitrogens is 3. The lowest BCUT2D eigenvalue weighted by Crippen LogP contribution is -2.14. The first-order valence-corrected chi connectivity index (χ1v) is 7.62. The van der Waals surface area contributed by atoms with Crippen LogP contribution >= 0.6 is 11.6 Å². The molecule has 0 spiro atoms. The normalized spacial score (nSPS) is 10.5. The third kappa shape index (κ3) is 3.24. The summed E-state index contributed by atoms with van der Waals surface area (Å²) in [5.41, 5.74) is 1.98. The summed E-state index contributed by atoms with van der Waals surface area (Å²) < 4.78 is 1.69. The van der Waals surface area contributed by atoms with Crippen LogP contribution in [0.5, 0.6) is 0 Å². The topological polar surface area (TPSA) is 59.8 Å². The average Bonchev–Trinajstić information content (AvgIpc) is 2.99. The van der Waals surface area contributed by atoms with Crippen LogP contribution in [0.4, 0.5) is 5.69 Å². The number of hydrogen-bond donors (Lipinski definition) is 1. The first-order valence-electron chi connectivity index (χ1n) is 7.24. The predicted octanol–water partition coefficient (Wildman–Crippen LogP) is 3.74. The number of amides is 1. The Labute approximate surface area is 138 Å². The highest BCUT2D eigenvalue weighted by Gasteiger charge is 2.17. The van der Waals surface area contributed by atoms with Gasteiger partial charge in [-0.2, -0.15) is 5.10 Å². The number of nitrogens with one attached hydrogen (secondary N) is 1. The third-order valence-corrected chi connectivity index (χ3v) is 3.63. The second-order valence-corrected chi connectivity index (χ2v) is 5.36. The molecular weight excluding hydrogens is 312 g/mol. The Bertz CT molecular complexity index is 830. The van der Waals surface area contributed by atoms with Crippen molar-refractivity contribution < 1.29 is 4.79 Å². The molecule has 5 nitrogen and oxygen atoms in total. The van der Waals surface area contributed by atoms with E-state index in [0.29, 0.717) is 28.5 Å². The van der Waals surface area contributed by atoms with Gasteiger partial charge in [-0.25, -0.2) is 9.67 Å². The number of pyridine rings is 1. The van der Waals surface area contributed by atoms with Gasteiger partial charge in [0, 0.05) is 16.9 Å². The second-order valence-electron chi connectivity index (χ2n) is 4.92. The molecule has 0 fully saturated rings. The highest BCUT2D eigenvalue weighted by atomic mass is 35.5. The molecule has 1 aromatic carbocycles. The lowest BCUT2D eigenvalue weighted by atomic mass is 10.2. The number of carbonyl (C=O) groups excluding carboxylic acids is 1. The maximum Gasteiger partial charge on any atom is 0.259 e. The van der Waals surface area contributed by atoms with Crippen LogP contribution in [0.1, 0.15) is 23.0 Å². The monoisotopic (exact) mass is 326 g/mol. The molecule has 0 bridgehead atoms. The zero-order valence-corrected chi connectivity index (χ0v) is 13.3. The molecule has 2 aromatic heterocycles. The molecule has 6 heteroatoms. The van der Waals surface area contributed by atoms with Crippen molar-refractivity contribution in [3.8, 4) is 5.82 Å². The third-order valence-electron chi connectivity index (χ3n) is 3.40. The van der Waals surface area contributed by atoms with E-state index in [2.05, 4.69) is 15.4 Å². The maximum atomic E-state index is 12.5. The van der Waals surface area contributed by atoms with Crippen molar-refractivity contribution in [2.24, 2.45) is 0 Å². The average molecular weight is 327 g/mol. The highest BCUT2D eigenvalue weighted by Crippen LogP contribution is 2.18. The molecule has 1 N–H and O–H groups in total. The summed E-state index contributed by atoms with van der Waals surface area (Å²) in [5, 5.41) is 7.72. The van der Waals surface area contributed by atoms with E-state index in [4.69, 9.17) is 11.6 Å². The van der Waals surface area contributed by atoms with Crippen LogP contribution < -0.4 is 5.32 Å². The Kier molecular flexibility index (Phi) is 4.39. The van der Waals surface area contributed by atoms with Gasteiger partial charge in [-0.05, 0) is 36.8 Å². The molecule has 2 heterocycles. The number of halogens is 1. The minimum absolute atomic E-state index is 0.216. The second kappa shape index (κ2) is 6.62. The van der Waals surface area contributed by atoms with E-state index < -0.39 is 0 Å². The predicted molar refractivity (Wildman–Crippen MR) is 90.1 cm³/mol. The number of anilines is 1. The molecule has 3 aromatic rings. The number of benzene rings is 1. The van der Waals surface area contributed by atoms with Crippen molar-refractivity contribution in [2.75, 3.05) is 5.32 Å². The Morgan fingerprint density at radius 2 is 2.13 bits per heavy atom. The highest BCUT2D eigenvalue weighted by molar-refractivity contribution is 6.31. The Balaban J connectivity index is 1.91. The molecule has 0 aliphatic heterocycles. The molecule has 0 radical (unpaired) electrons. The molecule has 0 aliphatic rings. The SMILES string of the molecule is CCc1c(C(=O)Nc2cccc(Cl)c2)cnn1-c1ccccn1. The summed E-state index contributed by atoms with van der Waals surface area (Å²) >= 11 is 5.94. The van der Waals surface area contributed by atoms with Gasteiger partial charge in [0.2, 0.25) is 0 Å². The fourth-order valence-corrected chi connectivity index (χ4v) is 2.54. The molecule has 23 heavy (non-hydrogen) atoms. The number of carbonyl (C=O) groups is 1. The van der Waals surface area contributed by atoms with Crippen LogP contribution in [0.25, 0.3) is 5.82 Å². The fraction of sp³-hybridized carbons (Fsp3) is 0.118. The van der Waals surface area contributed by atoms with Crippen LogP contribution in [-0.4, -0.2) is 20.7 Å². The number of rotatable bonds is 4. The Morgan fingerprint density at radius 3 is 2.83 bits per heavy atom. The zero-order chi connectivity index (χ0) is 16.2. The van der Waals surface area contributed by atoms with Gasteiger partial charge < -0.3 is 5.32 Å². The summed E-state index contributed by atoms with van der Waals surface area (Å²) in [6, 6.07) is 12.6. The standard InChI is InChI=1S/C17H15ClN4O/c1-2-15-14(11-20-22(15)16-8-3-4-9-19-16)17(23)21-13-7-5-6-12(18)10-13/h3-11H,2H2,1H3,(H,21,23). The van der Waals surface area contributed by atoms with Crippen LogP contribution in [0, 0.1) is 0 Å². The molecule has 0 saturated carbocycles. The lowest BCUT2D eigenvalue weighted by molar-refractivity contribution is 0.102. The summed E-state index contributed by atoms with van der Waals surface area (Å²) in [6.45, 7) is 1.98. The van der Waals surface area contributed by atoms with Crippen molar-refractivity contribution in [2.45, 2.75) is 13.3 Å². The summed E-state index contributed by atoms with van der Waals surface area (Å²) in [5.74, 6) is 0.470. The van der Waals surface area contributed by atoms with Crippen LogP contribution in [-0.2, 0) is 6.42 Å². The Morgan fingerprint density at radius 1 is 1.26 bits per heavy atom. The van der Waals surface area contributed by atoms with Crippen molar-refractivity contribution >= 4 is 23.2 Å². The van der Waals surface area contributed by atoms with E-state index in [1.165, 1.54) is 0 Å². The van der Waals surface area contributed by atoms with Gasteiger partial charge in [0.05, 0.1) is 17.5 Å². The first-order chi connectivity index (χ1) is 11.2. The van der Waals surface area contributed by atoms with Gasteiger partial charge in [-0.15, -0.1) is 0 Å². The molecular formula is C17H15ClN4O. The van der Waals surface area contributed by atoms with E-state index in [9.17, 15) is 4.79 Å². The van der Waals surface area contributed by atoms with Crippen LogP contribution in [0.3, 0.4) is 0 Å². The summed E-state index contributed by atoms with van der Waals surface area (Å²) in [7, 11) is 0. The lowest BCUT2D eigenvalue weighted by Gasteiger charge is -2.08. The number of nitrogens with zero attached hydrogens (tertiary/aromatic N) is 3. The van der Waals surface area contributed by atoms with Gasteiger partial charge in [-0.1, -0.05) is 30.7 Å². The minimum atomic E-state index is -0.216. The minimum Gasteiger partial charge on any atom is -0.322 e. The molecule has 0 saturated heterocycles. The first kappa shape index (κ1) is 15.2. The Hall–Kier alpha value is -2.66. The molecule has 3 rings (SSSR count). The molecule has 0 unspecified atom stereocenters. The molecule has 0 aliphatic carbocycles. The van der Waals surface area contributed by atoms with E-state index in [1.54, 1.807) is 41.3 Å². The smallest absolute Gasteiger partial charge is 0.259 e. The molecule has 116 valence electrons. The van der Waals surface area contributed by atoms with Crippen molar-refractivity contribution in [1.29, 1.82) is 0 Å². The van der Waals surface area contributed by atoms with Crippen molar-refractivity contribution in [1.82, 2.24) is 14.8 Å². The quantitative estimate of drug-likeness (QED) is 0.794. The summed E-state index contributed by atoms with van der Waals surface area (Å²) in [6.07, 6.45) is 3.92. The largest absolute Gasteiger partial charge is 0.322 e. The van der Waals surface area contributed by atoms with Gasteiger partial charge in [0.1, 0.15) is 0 Å². The van der Waals surface area contributed by atoms with E-state index in [1.807, 2.05) is 25.1 Å². The van der Waals surface area contributed by atoms with Crippen molar-refractivity contribution in [3.05, 3.63) is 71.1 Å². The fourth-order valence-electron chi connectivity index (χ4n) is 2.34. The number of hydrogen-bond acceptors (Lipinski definition) is 3. The van der Waals surface area contributed by atoms with Gasteiger partial charge in [0.25, 0.3) is 5.91 Å². The molecule has 0 atom stereocenters. The van der Waals surface area contributed by atoms with E-state index in [-0.39, 0.29) is 5.91 Å². The van der Waals surface area contributed by atoms with Gasteiger partial charge in [-0.3, -0.25) is 4.79 Å². The van der Waals surface area contributed by atoms with E-state index >= 15 is 0 Å². The van der Waals surface area contributed by atoms with Crippen LogP contribution in [0.15, 0.2) is 54.9 Å². The van der Waals surface area contributed by atoms with Gasteiger partial charge in [0.15, 0.2) is 5.82 Å². The zero-order valence-electron chi connectivity index (χ0n) is 12.5. The van der Waals surface area contributed by atoms with E-state index in [0.717, 1.165) is 5.69 Å². The maximum absolute atomic E-state index is 12.5. The summed E-state index contributed by atoms with van der Waals surface area (Å²) in [4.78, 5) is 16.8. The van der Waals surface area contributed by atoms with Gasteiger partial charge >= 0.3 is 0 Å². The molecule has 1 amide bonds.